The number of rotatable bonds is 0. The highest BCUT2D eigenvalue weighted by Gasteiger charge is 2.68. The lowest BCUT2D eigenvalue weighted by Gasteiger charge is -2.56. The first-order valence-electron chi connectivity index (χ1n) is 7.99. The van der Waals surface area contributed by atoms with Crippen LogP contribution in [0.3, 0.4) is 0 Å². The molecule has 5 atom stereocenters. The molecule has 3 nitrogen and oxygen atoms in total. The molecular weight excluding hydrogens is 252 g/mol. The van der Waals surface area contributed by atoms with Gasteiger partial charge in [0.1, 0.15) is 5.78 Å². The maximum atomic E-state index is 12.7. The molecule has 0 aromatic rings. The molecular formula is C17H26O3. The van der Waals surface area contributed by atoms with Crippen molar-refractivity contribution in [3.63, 3.8) is 0 Å². The van der Waals surface area contributed by atoms with E-state index in [9.17, 15) is 9.59 Å². The molecule has 0 aromatic carbocycles. The second kappa shape index (κ2) is 4.32. The Labute approximate surface area is 121 Å². The third kappa shape index (κ3) is 1.64. The van der Waals surface area contributed by atoms with Gasteiger partial charge < -0.3 is 4.74 Å². The van der Waals surface area contributed by atoms with Crippen LogP contribution in [0.1, 0.15) is 53.4 Å². The van der Waals surface area contributed by atoms with Gasteiger partial charge in [-0.2, -0.15) is 0 Å². The molecule has 0 bridgehead atoms. The predicted molar refractivity (Wildman–Crippen MR) is 76.0 cm³/mol. The number of Topliss-reactive ketones (excluding diaryl/α,β-unsaturated/α-hetero) is 1. The second-order valence-electron chi connectivity index (χ2n) is 8.14. The summed E-state index contributed by atoms with van der Waals surface area (Å²) in [5, 5.41) is 0. The van der Waals surface area contributed by atoms with E-state index < -0.39 is 0 Å². The highest BCUT2D eigenvalue weighted by atomic mass is 16.5. The molecule has 0 aromatic heterocycles. The number of esters is 1. The Morgan fingerprint density at radius 1 is 1.20 bits per heavy atom. The third-order valence-electron chi connectivity index (χ3n) is 6.26. The fraction of sp³-hybridized carbons (Fsp3) is 0.882. The quantitative estimate of drug-likeness (QED) is 0.639. The van der Waals surface area contributed by atoms with E-state index in [2.05, 4.69) is 20.8 Å². The standard InChI is InChI=1S/C17H26O3/c1-10-12-7-5-6-11-9-20-15(19)17(11,12)14(8-13(10)18)16(2,3)4/h10-12,14H,5-9H2,1-4H3. The van der Waals surface area contributed by atoms with Gasteiger partial charge in [0.15, 0.2) is 0 Å². The molecule has 1 spiro atoms. The van der Waals surface area contributed by atoms with E-state index in [4.69, 9.17) is 4.74 Å². The lowest BCUT2D eigenvalue weighted by Crippen LogP contribution is -2.59. The number of cyclic esters (lactones) is 1. The van der Waals surface area contributed by atoms with E-state index in [1.54, 1.807) is 0 Å². The number of hydrogen-bond acceptors (Lipinski definition) is 3. The van der Waals surface area contributed by atoms with Crippen LogP contribution in [0.4, 0.5) is 0 Å². The van der Waals surface area contributed by atoms with Crippen molar-refractivity contribution in [2.75, 3.05) is 6.61 Å². The molecule has 2 saturated carbocycles. The molecule has 1 heterocycles. The predicted octanol–water partition coefficient (Wildman–Crippen LogP) is 3.22. The Kier molecular flexibility index (Phi) is 3.04. The normalized spacial score (nSPS) is 44.8. The molecule has 3 aliphatic rings. The number of hydrogen-bond donors (Lipinski definition) is 0. The van der Waals surface area contributed by atoms with Crippen molar-refractivity contribution in [2.24, 2.45) is 34.5 Å². The maximum absolute atomic E-state index is 12.7. The Bertz CT molecular complexity index is 448. The first-order chi connectivity index (χ1) is 9.29. The van der Waals surface area contributed by atoms with Gasteiger partial charge in [-0.1, -0.05) is 34.1 Å². The summed E-state index contributed by atoms with van der Waals surface area (Å²) >= 11 is 0. The number of ketones is 1. The summed E-state index contributed by atoms with van der Waals surface area (Å²) in [5.74, 6) is 1.01. The lowest BCUT2D eigenvalue weighted by molar-refractivity contribution is -0.172. The highest BCUT2D eigenvalue weighted by molar-refractivity contribution is 5.88. The molecule has 3 fully saturated rings. The van der Waals surface area contributed by atoms with E-state index in [-0.39, 0.29) is 34.6 Å². The molecule has 0 amide bonds. The molecule has 0 radical (unpaired) electrons. The average molecular weight is 278 g/mol. The van der Waals surface area contributed by atoms with Crippen molar-refractivity contribution in [1.29, 1.82) is 0 Å². The van der Waals surface area contributed by atoms with Gasteiger partial charge in [0.25, 0.3) is 0 Å². The van der Waals surface area contributed by atoms with E-state index >= 15 is 0 Å². The SMILES string of the molecule is CC1C(=O)CC(C(C)(C)C)C23C(=O)OCC2CCCC13. The highest BCUT2D eigenvalue weighted by Crippen LogP contribution is 2.64. The Morgan fingerprint density at radius 3 is 2.55 bits per heavy atom. The summed E-state index contributed by atoms with van der Waals surface area (Å²) in [7, 11) is 0. The van der Waals surface area contributed by atoms with Gasteiger partial charge in [-0.3, -0.25) is 9.59 Å². The van der Waals surface area contributed by atoms with Gasteiger partial charge in [-0.15, -0.1) is 0 Å². The Balaban J connectivity index is 2.15. The smallest absolute Gasteiger partial charge is 0.313 e. The van der Waals surface area contributed by atoms with Crippen molar-refractivity contribution in [2.45, 2.75) is 53.4 Å². The molecule has 1 saturated heterocycles. The topological polar surface area (TPSA) is 43.4 Å². The minimum Gasteiger partial charge on any atom is -0.465 e. The van der Waals surface area contributed by atoms with Gasteiger partial charge in [0, 0.05) is 18.3 Å². The van der Waals surface area contributed by atoms with Crippen molar-refractivity contribution in [3.8, 4) is 0 Å². The van der Waals surface area contributed by atoms with Crippen LogP contribution in [0.15, 0.2) is 0 Å². The summed E-state index contributed by atoms with van der Waals surface area (Å²) in [5.41, 5.74) is -0.420. The van der Waals surface area contributed by atoms with Crippen LogP contribution in [0, 0.1) is 34.5 Å². The second-order valence-corrected chi connectivity index (χ2v) is 8.14. The van der Waals surface area contributed by atoms with Crippen molar-refractivity contribution < 1.29 is 14.3 Å². The van der Waals surface area contributed by atoms with Crippen LogP contribution in [0.5, 0.6) is 0 Å². The van der Waals surface area contributed by atoms with Gasteiger partial charge in [0.05, 0.1) is 12.0 Å². The van der Waals surface area contributed by atoms with Crippen LogP contribution >= 0.6 is 0 Å². The zero-order chi connectivity index (χ0) is 14.7. The molecule has 3 heteroatoms. The summed E-state index contributed by atoms with van der Waals surface area (Å²) in [4.78, 5) is 25.2. The number of carbonyl (C=O) groups is 2. The fourth-order valence-electron chi connectivity index (χ4n) is 5.36. The van der Waals surface area contributed by atoms with E-state index in [1.807, 2.05) is 6.92 Å². The van der Waals surface area contributed by atoms with Gasteiger partial charge >= 0.3 is 5.97 Å². The molecule has 0 N–H and O–H groups in total. The van der Waals surface area contributed by atoms with Crippen molar-refractivity contribution in [1.82, 2.24) is 0 Å². The number of ether oxygens (including phenoxy) is 1. The summed E-state index contributed by atoms with van der Waals surface area (Å²) in [6.07, 6.45) is 3.76. The zero-order valence-corrected chi connectivity index (χ0v) is 13.1. The molecule has 5 unspecified atom stereocenters. The maximum Gasteiger partial charge on any atom is 0.313 e. The molecule has 2 aliphatic carbocycles. The summed E-state index contributed by atoms with van der Waals surface area (Å²) < 4.78 is 5.52. The fourth-order valence-corrected chi connectivity index (χ4v) is 5.36. The van der Waals surface area contributed by atoms with Crippen molar-refractivity contribution in [3.05, 3.63) is 0 Å². The Morgan fingerprint density at radius 2 is 1.90 bits per heavy atom. The lowest BCUT2D eigenvalue weighted by atomic mass is 9.44. The molecule has 112 valence electrons. The molecule has 3 rings (SSSR count). The summed E-state index contributed by atoms with van der Waals surface area (Å²) in [6, 6.07) is 0. The van der Waals surface area contributed by atoms with Gasteiger partial charge in [0.2, 0.25) is 0 Å². The van der Waals surface area contributed by atoms with Crippen molar-refractivity contribution >= 4 is 11.8 Å². The summed E-state index contributed by atoms with van der Waals surface area (Å²) in [6.45, 7) is 9.11. The molecule has 1 aliphatic heterocycles. The van der Waals surface area contributed by atoms with E-state index in [0.717, 1.165) is 19.3 Å². The van der Waals surface area contributed by atoms with Crippen LogP contribution in [-0.4, -0.2) is 18.4 Å². The van der Waals surface area contributed by atoms with Crippen LogP contribution in [0.25, 0.3) is 0 Å². The van der Waals surface area contributed by atoms with Crippen LogP contribution in [0.2, 0.25) is 0 Å². The van der Waals surface area contributed by atoms with E-state index in [1.165, 1.54) is 0 Å². The third-order valence-corrected chi connectivity index (χ3v) is 6.26. The first kappa shape index (κ1) is 14.1. The monoisotopic (exact) mass is 278 g/mol. The minimum absolute atomic E-state index is 0.00789. The van der Waals surface area contributed by atoms with Crippen LogP contribution in [-0.2, 0) is 14.3 Å². The van der Waals surface area contributed by atoms with Gasteiger partial charge in [-0.05, 0) is 30.1 Å². The zero-order valence-electron chi connectivity index (χ0n) is 13.1. The van der Waals surface area contributed by atoms with Gasteiger partial charge in [-0.25, -0.2) is 0 Å². The molecule has 20 heavy (non-hydrogen) atoms. The van der Waals surface area contributed by atoms with Crippen LogP contribution < -0.4 is 0 Å². The van der Waals surface area contributed by atoms with E-state index in [0.29, 0.717) is 24.7 Å². The Hall–Kier alpha value is -0.860. The average Bonchev–Trinajstić information content (AvgIpc) is 2.70. The minimum atomic E-state index is -0.385. The largest absolute Gasteiger partial charge is 0.465 e. The first-order valence-corrected chi connectivity index (χ1v) is 7.99. The number of carbonyl (C=O) groups excluding carboxylic acids is 2.